The maximum atomic E-state index is 12.2. The molecule has 2 rings (SSSR count). The molecule has 6 heteroatoms. The van der Waals surface area contributed by atoms with Crippen LogP contribution in [0.4, 0.5) is 11.4 Å². The number of anilines is 2. The van der Waals surface area contributed by atoms with Crippen LogP contribution in [-0.4, -0.2) is 17.4 Å². The number of rotatable bonds is 4. The van der Waals surface area contributed by atoms with E-state index in [4.69, 9.17) is 23.2 Å². The monoisotopic (exact) mass is 323 g/mol. The second-order valence-electron chi connectivity index (χ2n) is 4.47. The fraction of sp³-hybridized carbons (Fsp3) is 0.200. The van der Waals surface area contributed by atoms with Crippen molar-refractivity contribution < 1.29 is 4.79 Å². The molecule has 1 amide bonds. The lowest BCUT2D eigenvalue weighted by Gasteiger charge is -2.11. The fourth-order valence-corrected chi connectivity index (χ4v) is 2.25. The summed E-state index contributed by atoms with van der Waals surface area (Å²) in [5.41, 5.74) is 2.40. The molecule has 2 aromatic rings. The number of benzene rings is 1. The van der Waals surface area contributed by atoms with Crippen molar-refractivity contribution >= 4 is 40.5 Å². The van der Waals surface area contributed by atoms with Crippen molar-refractivity contribution in [3.63, 3.8) is 0 Å². The molecule has 110 valence electrons. The Morgan fingerprint density at radius 1 is 1.24 bits per heavy atom. The minimum absolute atomic E-state index is 0.297. The summed E-state index contributed by atoms with van der Waals surface area (Å²) >= 11 is 12.2. The lowest BCUT2D eigenvalue weighted by Crippen LogP contribution is -2.14. The van der Waals surface area contributed by atoms with Crippen LogP contribution < -0.4 is 10.6 Å². The zero-order chi connectivity index (χ0) is 15.4. The summed E-state index contributed by atoms with van der Waals surface area (Å²) in [6.45, 7) is 4.63. The highest BCUT2D eigenvalue weighted by atomic mass is 35.5. The summed E-state index contributed by atoms with van der Waals surface area (Å²) in [5, 5.41) is 6.64. The number of aryl methyl sites for hydroxylation is 1. The smallest absolute Gasteiger partial charge is 0.274 e. The fourth-order valence-electron chi connectivity index (χ4n) is 1.79. The molecule has 0 atom stereocenters. The van der Waals surface area contributed by atoms with Gasteiger partial charge >= 0.3 is 0 Å². The summed E-state index contributed by atoms with van der Waals surface area (Å²) in [6.07, 6.45) is 1.61. The van der Waals surface area contributed by atoms with E-state index in [0.29, 0.717) is 21.4 Å². The van der Waals surface area contributed by atoms with Crippen LogP contribution >= 0.6 is 23.2 Å². The van der Waals surface area contributed by atoms with Crippen LogP contribution in [-0.2, 0) is 0 Å². The summed E-state index contributed by atoms with van der Waals surface area (Å²) in [6, 6.07) is 6.93. The molecule has 0 spiro atoms. The van der Waals surface area contributed by atoms with Gasteiger partial charge in [0.2, 0.25) is 0 Å². The molecule has 2 N–H and O–H groups in total. The topological polar surface area (TPSA) is 54.0 Å². The second-order valence-corrected chi connectivity index (χ2v) is 5.25. The van der Waals surface area contributed by atoms with Gasteiger partial charge in [-0.25, -0.2) is 4.98 Å². The SMILES string of the molecule is CCNc1ccc(C(=O)Nc2c(Cl)ccc(C)c2Cl)nc1. The van der Waals surface area contributed by atoms with Gasteiger partial charge < -0.3 is 10.6 Å². The Kier molecular flexibility index (Phi) is 5.04. The molecule has 0 aliphatic carbocycles. The highest BCUT2D eigenvalue weighted by Gasteiger charge is 2.14. The van der Waals surface area contributed by atoms with Gasteiger partial charge in [-0.2, -0.15) is 0 Å². The number of carbonyl (C=O) groups is 1. The first-order chi connectivity index (χ1) is 10.0. The van der Waals surface area contributed by atoms with Gasteiger partial charge in [0.15, 0.2) is 0 Å². The van der Waals surface area contributed by atoms with Crippen LogP contribution in [0.25, 0.3) is 0 Å². The molecule has 1 aromatic heterocycles. The average Bonchev–Trinajstić information content (AvgIpc) is 2.48. The molecule has 0 radical (unpaired) electrons. The maximum Gasteiger partial charge on any atom is 0.274 e. The Bertz CT molecular complexity index is 657. The second kappa shape index (κ2) is 6.78. The molecule has 0 fully saturated rings. The molecular weight excluding hydrogens is 309 g/mol. The van der Waals surface area contributed by atoms with E-state index in [9.17, 15) is 4.79 Å². The first-order valence-corrected chi connectivity index (χ1v) is 7.24. The van der Waals surface area contributed by atoms with E-state index in [-0.39, 0.29) is 5.91 Å². The predicted octanol–water partition coefficient (Wildman–Crippen LogP) is 4.38. The molecular formula is C15H15Cl2N3O. The Balaban J connectivity index is 2.20. The zero-order valence-corrected chi connectivity index (χ0v) is 13.2. The van der Waals surface area contributed by atoms with Crippen molar-refractivity contribution in [2.45, 2.75) is 13.8 Å². The molecule has 0 aliphatic heterocycles. The normalized spacial score (nSPS) is 10.3. The number of hydrogen-bond acceptors (Lipinski definition) is 3. The summed E-state index contributed by atoms with van der Waals surface area (Å²) < 4.78 is 0. The standard InChI is InChI=1S/C15H15Cl2N3O/c1-3-18-10-5-7-12(19-8-10)15(21)20-14-11(16)6-4-9(2)13(14)17/h4-8,18H,3H2,1-2H3,(H,20,21). The molecule has 0 unspecified atom stereocenters. The van der Waals surface area contributed by atoms with Crippen LogP contribution in [0, 0.1) is 6.92 Å². The molecule has 21 heavy (non-hydrogen) atoms. The van der Waals surface area contributed by atoms with E-state index in [2.05, 4.69) is 15.6 Å². The number of hydrogen-bond donors (Lipinski definition) is 2. The highest BCUT2D eigenvalue weighted by molar-refractivity contribution is 6.40. The molecule has 4 nitrogen and oxygen atoms in total. The maximum absolute atomic E-state index is 12.2. The Hall–Kier alpha value is -1.78. The average molecular weight is 324 g/mol. The molecule has 0 saturated carbocycles. The van der Waals surface area contributed by atoms with Crippen LogP contribution in [0.2, 0.25) is 10.0 Å². The van der Waals surface area contributed by atoms with Crippen molar-refractivity contribution in [2.75, 3.05) is 17.2 Å². The van der Waals surface area contributed by atoms with E-state index in [1.165, 1.54) is 0 Å². The van der Waals surface area contributed by atoms with Crippen molar-refractivity contribution in [2.24, 2.45) is 0 Å². The molecule has 0 aliphatic rings. The van der Waals surface area contributed by atoms with E-state index in [1.807, 2.05) is 13.8 Å². The van der Waals surface area contributed by atoms with Gasteiger partial charge in [0.1, 0.15) is 5.69 Å². The van der Waals surface area contributed by atoms with Gasteiger partial charge in [-0.3, -0.25) is 4.79 Å². The van der Waals surface area contributed by atoms with E-state index < -0.39 is 0 Å². The number of nitrogens with zero attached hydrogens (tertiary/aromatic N) is 1. The summed E-state index contributed by atoms with van der Waals surface area (Å²) in [4.78, 5) is 16.3. The first-order valence-electron chi connectivity index (χ1n) is 6.48. The third-order valence-corrected chi connectivity index (χ3v) is 3.70. The quantitative estimate of drug-likeness (QED) is 0.877. The Morgan fingerprint density at radius 3 is 2.62 bits per heavy atom. The highest BCUT2D eigenvalue weighted by Crippen LogP contribution is 2.33. The largest absolute Gasteiger partial charge is 0.384 e. The van der Waals surface area contributed by atoms with Crippen molar-refractivity contribution in [3.05, 3.63) is 51.8 Å². The van der Waals surface area contributed by atoms with E-state index in [1.54, 1.807) is 30.5 Å². The van der Waals surface area contributed by atoms with Crippen LogP contribution in [0.1, 0.15) is 23.0 Å². The molecule has 0 bridgehead atoms. The van der Waals surface area contributed by atoms with Crippen LogP contribution in [0.15, 0.2) is 30.5 Å². The number of halogens is 2. The Labute approximate surface area is 133 Å². The number of aromatic nitrogens is 1. The minimum atomic E-state index is -0.354. The predicted molar refractivity (Wildman–Crippen MR) is 87.6 cm³/mol. The zero-order valence-electron chi connectivity index (χ0n) is 11.7. The van der Waals surface area contributed by atoms with Crippen LogP contribution in [0.3, 0.4) is 0 Å². The van der Waals surface area contributed by atoms with E-state index >= 15 is 0 Å². The lowest BCUT2D eigenvalue weighted by atomic mass is 10.2. The van der Waals surface area contributed by atoms with Crippen LogP contribution in [0.5, 0.6) is 0 Å². The van der Waals surface area contributed by atoms with Gasteiger partial charge in [-0.05, 0) is 37.6 Å². The van der Waals surface area contributed by atoms with E-state index in [0.717, 1.165) is 17.8 Å². The number of carbonyl (C=O) groups excluding carboxylic acids is 1. The molecule has 0 saturated heterocycles. The lowest BCUT2D eigenvalue weighted by molar-refractivity contribution is 0.102. The van der Waals surface area contributed by atoms with Gasteiger partial charge in [0.05, 0.1) is 27.6 Å². The third kappa shape index (κ3) is 3.65. The van der Waals surface area contributed by atoms with Gasteiger partial charge in [-0.15, -0.1) is 0 Å². The number of pyridine rings is 1. The van der Waals surface area contributed by atoms with Crippen molar-refractivity contribution in [1.82, 2.24) is 4.98 Å². The molecule has 1 aromatic carbocycles. The Morgan fingerprint density at radius 2 is 2.00 bits per heavy atom. The number of nitrogens with one attached hydrogen (secondary N) is 2. The minimum Gasteiger partial charge on any atom is -0.384 e. The van der Waals surface area contributed by atoms with Gasteiger partial charge in [0.25, 0.3) is 5.91 Å². The molecule has 1 heterocycles. The van der Waals surface area contributed by atoms with Crippen molar-refractivity contribution in [1.29, 1.82) is 0 Å². The number of amides is 1. The van der Waals surface area contributed by atoms with Gasteiger partial charge in [-0.1, -0.05) is 29.3 Å². The summed E-state index contributed by atoms with van der Waals surface area (Å²) in [5.74, 6) is -0.354. The van der Waals surface area contributed by atoms with Gasteiger partial charge in [0, 0.05) is 6.54 Å². The van der Waals surface area contributed by atoms with Crippen molar-refractivity contribution in [3.8, 4) is 0 Å². The summed E-state index contributed by atoms with van der Waals surface area (Å²) in [7, 11) is 0. The third-order valence-electron chi connectivity index (χ3n) is 2.90. The first kappa shape index (κ1) is 15.6.